The van der Waals surface area contributed by atoms with Crippen LogP contribution in [0, 0.1) is 6.92 Å². The number of benzene rings is 3. The van der Waals surface area contributed by atoms with Crippen molar-refractivity contribution < 1.29 is 9.47 Å². The van der Waals surface area contributed by atoms with E-state index >= 15 is 0 Å². The van der Waals surface area contributed by atoms with Crippen LogP contribution >= 0.6 is 0 Å². The number of fused-ring (bicyclic) bond motifs is 1. The van der Waals surface area contributed by atoms with E-state index in [0.29, 0.717) is 13.2 Å². The number of para-hydroxylation sites is 2. The zero-order valence-electron chi connectivity index (χ0n) is 15.5. The van der Waals surface area contributed by atoms with Crippen LogP contribution in [0.2, 0.25) is 0 Å². The summed E-state index contributed by atoms with van der Waals surface area (Å²) in [5.74, 6) is 2.28. The highest BCUT2D eigenvalue weighted by atomic mass is 16.5. The van der Waals surface area contributed by atoms with Crippen molar-refractivity contribution in [3.05, 3.63) is 77.9 Å². The molecular weight excluding hydrogens is 336 g/mol. The lowest BCUT2D eigenvalue weighted by atomic mass is 10.1. The maximum Gasteiger partial charge on any atom is 0.161 e. The van der Waals surface area contributed by atoms with E-state index in [9.17, 15) is 0 Å². The Balaban J connectivity index is 1.61. The molecule has 0 unspecified atom stereocenters. The van der Waals surface area contributed by atoms with Crippen LogP contribution in [0.25, 0.3) is 22.4 Å². The van der Waals surface area contributed by atoms with Crippen LogP contribution in [-0.4, -0.2) is 16.6 Å². The first-order valence-corrected chi connectivity index (χ1v) is 9.13. The molecule has 0 saturated carbocycles. The fraction of sp³-hybridized carbons (Fsp3) is 0.174. The molecule has 4 nitrogen and oxygen atoms in total. The Bertz CT molecular complexity index is 1040. The number of hydrogen-bond donors (Lipinski definition) is 1. The van der Waals surface area contributed by atoms with Gasteiger partial charge in [-0.05, 0) is 49.7 Å². The molecule has 1 heterocycles. The Morgan fingerprint density at radius 3 is 2.59 bits per heavy atom. The first kappa shape index (κ1) is 17.2. The van der Waals surface area contributed by atoms with Crippen LogP contribution in [0.15, 0.2) is 66.7 Å². The molecule has 0 bridgehead atoms. The third-order valence-corrected chi connectivity index (χ3v) is 4.38. The zero-order chi connectivity index (χ0) is 18.6. The van der Waals surface area contributed by atoms with Gasteiger partial charge >= 0.3 is 0 Å². The van der Waals surface area contributed by atoms with E-state index in [1.807, 2.05) is 55.5 Å². The standard InChI is InChI=1S/C23H22N2O2/c1-3-26-22-14-18(23-24-19-9-4-5-10-20(19)25-23)11-12-21(22)27-15-17-8-6-7-16(2)13-17/h4-14H,3,15H2,1-2H3,(H,24,25). The number of nitrogens with zero attached hydrogens (tertiary/aromatic N) is 1. The lowest BCUT2D eigenvalue weighted by Crippen LogP contribution is -2.00. The van der Waals surface area contributed by atoms with E-state index in [2.05, 4.69) is 35.1 Å². The summed E-state index contributed by atoms with van der Waals surface area (Å²) in [6.07, 6.45) is 0. The third-order valence-electron chi connectivity index (χ3n) is 4.38. The Kier molecular flexibility index (Phi) is 4.79. The van der Waals surface area contributed by atoms with Gasteiger partial charge in [-0.2, -0.15) is 0 Å². The zero-order valence-corrected chi connectivity index (χ0v) is 15.5. The third kappa shape index (κ3) is 3.80. The van der Waals surface area contributed by atoms with Gasteiger partial charge < -0.3 is 14.5 Å². The van der Waals surface area contributed by atoms with Gasteiger partial charge in [-0.25, -0.2) is 4.98 Å². The molecule has 4 heteroatoms. The largest absolute Gasteiger partial charge is 0.490 e. The molecular formula is C23H22N2O2. The molecule has 0 aliphatic heterocycles. The smallest absolute Gasteiger partial charge is 0.161 e. The van der Waals surface area contributed by atoms with E-state index in [1.54, 1.807) is 0 Å². The number of hydrogen-bond acceptors (Lipinski definition) is 3. The van der Waals surface area contributed by atoms with E-state index in [1.165, 1.54) is 5.56 Å². The molecule has 0 spiro atoms. The van der Waals surface area contributed by atoms with Crippen LogP contribution < -0.4 is 9.47 Å². The van der Waals surface area contributed by atoms with E-state index < -0.39 is 0 Å². The average Bonchev–Trinajstić information content (AvgIpc) is 3.11. The molecule has 1 N–H and O–H groups in total. The number of ether oxygens (including phenoxy) is 2. The van der Waals surface area contributed by atoms with Gasteiger partial charge in [-0.15, -0.1) is 0 Å². The van der Waals surface area contributed by atoms with Crippen LogP contribution in [0.1, 0.15) is 18.1 Å². The Morgan fingerprint density at radius 1 is 0.889 bits per heavy atom. The molecule has 4 rings (SSSR count). The van der Waals surface area contributed by atoms with Gasteiger partial charge in [0.25, 0.3) is 0 Å². The predicted octanol–water partition coefficient (Wildman–Crippen LogP) is 5.52. The Hall–Kier alpha value is -3.27. The average molecular weight is 358 g/mol. The van der Waals surface area contributed by atoms with Crippen LogP contribution in [-0.2, 0) is 6.61 Å². The monoisotopic (exact) mass is 358 g/mol. The van der Waals surface area contributed by atoms with Crippen molar-refractivity contribution in [1.29, 1.82) is 0 Å². The SMILES string of the molecule is CCOc1cc(-c2nc3ccccc3[nH]2)ccc1OCc1cccc(C)c1. The molecule has 27 heavy (non-hydrogen) atoms. The molecule has 1 aromatic heterocycles. The number of imidazole rings is 1. The number of H-pyrrole nitrogens is 1. The molecule has 0 saturated heterocycles. The minimum atomic E-state index is 0.506. The van der Waals surface area contributed by atoms with Gasteiger partial charge in [0.15, 0.2) is 11.5 Å². The summed E-state index contributed by atoms with van der Waals surface area (Å²) in [5, 5.41) is 0. The summed E-state index contributed by atoms with van der Waals surface area (Å²) in [6.45, 7) is 5.13. The number of aryl methyl sites for hydroxylation is 1. The number of aromatic nitrogens is 2. The Labute approximate surface area is 158 Å². The van der Waals surface area contributed by atoms with Gasteiger partial charge in [0.05, 0.1) is 17.6 Å². The van der Waals surface area contributed by atoms with E-state index in [4.69, 9.17) is 9.47 Å². The highest BCUT2D eigenvalue weighted by Crippen LogP contribution is 2.33. The molecule has 0 radical (unpaired) electrons. The Morgan fingerprint density at radius 2 is 1.78 bits per heavy atom. The number of nitrogens with one attached hydrogen (secondary N) is 1. The molecule has 4 aromatic rings. The predicted molar refractivity (Wildman–Crippen MR) is 108 cm³/mol. The second-order valence-electron chi connectivity index (χ2n) is 6.47. The van der Waals surface area contributed by atoms with Crippen LogP contribution in [0.5, 0.6) is 11.5 Å². The number of rotatable bonds is 6. The fourth-order valence-corrected chi connectivity index (χ4v) is 3.10. The van der Waals surface area contributed by atoms with Crippen molar-refractivity contribution >= 4 is 11.0 Å². The van der Waals surface area contributed by atoms with Crippen molar-refractivity contribution in [3.63, 3.8) is 0 Å². The fourth-order valence-electron chi connectivity index (χ4n) is 3.10. The van der Waals surface area contributed by atoms with Crippen LogP contribution in [0.4, 0.5) is 0 Å². The summed E-state index contributed by atoms with van der Waals surface area (Å²) < 4.78 is 11.8. The van der Waals surface area contributed by atoms with Crippen LogP contribution in [0.3, 0.4) is 0 Å². The van der Waals surface area contributed by atoms with Gasteiger partial charge in [0.2, 0.25) is 0 Å². The maximum atomic E-state index is 6.02. The van der Waals surface area contributed by atoms with E-state index in [-0.39, 0.29) is 0 Å². The minimum Gasteiger partial charge on any atom is -0.490 e. The molecule has 0 atom stereocenters. The highest BCUT2D eigenvalue weighted by Gasteiger charge is 2.11. The topological polar surface area (TPSA) is 47.1 Å². The second kappa shape index (κ2) is 7.54. The normalized spacial score (nSPS) is 10.9. The van der Waals surface area contributed by atoms with E-state index in [0.717, 1.165) is 39.5 Å². The molecule has 0 fully saturated rings. The van der Waals surface area contributed by atoms with Gasteiger partial charge in [0, 0.05) is 5.56 Å². The molecule has 0 aliphatic carbocycles. The van der Waals surface area contributed by atoms with Crippen molar-refractivity contribution in [2.45, 2.75) is 20.5 Å². The van der Waals surface area contributed by atoms with Gasteiger partial charge in [0.1, 0.15) is 12.4 Å². The summed E-state index contributed by atoms with van der Waals surface area (Å²) in [6, 6.07) is 22.3. The summed E-state index contributed by atoms with van der Waals surface area (Å²) in [4.78, 5) is 8.02. The van der Waals surface area contributed by atoms with Crippen molar-refractivity contribution in [3.8, 4) is 22.9 Å². The first-order chi connectivity index (χ1) is 13.2. The first-order valence-electron chi connectivity index (χ1n) is 9.13. The van der Waals surface area contributed by atoms with Gasteiger partial charge in [-0.1, -0.05) is 42.0 Å². The molecule has 3 aromatic carbocycles. The maximum absolute atomic E-state index is 6.02. The highest BCUT2D eigenvalue weighted by molar-refractivity contribution is 5.79. The lowest BCUT2D eigenvalue weighted by Gasteiger charge is -2.13. The molecule has 0 amide bonds. The summed E-state index contributed by atoms with van der Waals surface area (Å²) >= 11 is 0. The van der Waals surface area contributed by atoms with Gasteiger partial charge in [-0.3, -0.25) is 0 Å². The molecule has 0 aliphatic rings. The minimum absolute atomic E-state index is 0.506. The van der Waals surface area contributed by atoms with Crippen molar-refractivity contribution in [2.75, 3.05) is 6.61 Å². The molecule has 136 valence electrons. The summed E-state index contributed by atoms with van der Waals surface area (Å²) in [5.41, 5.74) is 5.30. The number of aromatic amines is 1. The second-order valence-corrected chi connectivity index (χ2v) is 6.47. The lowest BCUT2D eigenvalue weighted by molar-refractivity contribution is 0.269. The van der Waals surface area contributed by atoms with Crippen molar-refractivity contribution in [1.82, 2.24) is 9.97 Å². The summed E-state index contributed by atoms with van der Waals surface area (Å²) in [7, 11) is 0. The quantitative estimate of drug-likeness (QED) is 0.494. The van der Waals surface area contributed by atoms with Crippen molar-refractivity contribution in [2.24, 2.45) is 0 Å².